The highest BCUT2D eigenvalue weighted by atomic mass is 16.5. The van der Waals surface area contributed by atoms with Gasteiger partial charge >= 0.3 is 5.97 Å². The van der Waals surface area contributed by atoms with Crippen LogP contribution >= 0.6 is 0 Å². The van der Waals surface area contributed by atoms with Crippen LogP contribution in [0.3, 0.4) is 0 Å². The standard InChI is InChI=1S/C21H30O4/c1-12(2)17-7-14-8-19(10-22)16-6-5-13(3)15(16)9-20(14,11-25-4)21(17,19)18(23)24/h7,10,12-16H,5-6,8-9,11H2,1-4H3,(H,23,24)/t13-,14+,15-,16-,19-,20+,21+/m1/s1. The van der Waals surface area contributed by atoms with Crippen molar-refractivity contribution in [3.8, 4) is 0 Å². The van der Waals surface area contributed by atoms with Crippen LogP contribution in [0.25, 0.3) is 0 Å². The highest BCUT2D eigenvalue weighted by Crippen LogP contribution is 2.82. The Kier molecular flexibility index (Phi) is 3.58. The molecule has 0 aliphatic heterocycles. The van der Waals surface area contributed by atoms with Gasteiger partial charge in [-0.1, -0.05) is 38.8 Å². The quantitative estimate of drug-likeness (QED) is 0.611. The first-order chi connectivity index (χ1) is 11.8. The molecule has 4 bridgehead atoms. The van der Waals surface area contributed by atoms with Crippen LogP contribution in [0.1, 0.15) is 46.5 Å². The molecule has 138 valence electrons. The normalized spacial score (nSPS) is 50.0. The Morgan fingerprint density at radius 2 is 2.12 bits per heavy atom. The third-order valence-corrected chi connectivity index (χ3v) is 8.52. The minimum absolute atomic E-state index is 0.132. The van der Waals surface area contributed by atoms with Gasteiger partial charge in [0.15, 0.2) is 0 Å². The molecule has 0 aromatic rings. The van der Waals surface area contributed by atoms with E-state index >= 15 is 0 Å². The Morgan fingerprint density at radius 1 is 1.40 bits per heavy atom. The number of aldehydes is 1. The summed E-state index contributed by atoms with van der Waals surface area (Å²) in [7, 11) is 1.67. The van der Waals surface area contributed by atoms with Crippen LogP contribution in [0.4, 0.5) is 0 Å². The van der Waals surface area contributed by atoms with Gasteiger partial charge in [-0.25, -0.2) is 0 Å². The van der Waals surface area contributed by atoms with E-state index in [4.69, 9.17) is 4.74 Å². The van der Waals surface area contributed by atoms with Crippen LogP contribution in [-0.4, -0.2) is 31.1 Å². The lowest BCUT2D eigenvalue weighted by Crippen LogP contribution is -2.63. The molecule has 0 saturated heterocycles. The van der Waals surface area contributed by atoms with Gasteiger partial charge in [-0.3, -0.25) is 4.79 Å². The molecule has 3 fully saturated rings. The molecule has 25 heavy (non-hydrogen) atoms. The topological polar surface area (TPSA) is 63.6 Å². The number of methoxy groups -OCH3 is 1. The molecular formula is C21H30O4. The second-order valence-corrected chi connectivity index (χ2v) is 9.42. The van der Waals surface area contributed by atoms with Crippen molar-refractivity contribution < 1.29 is 19.4 Å². The van der Waals surface area contributed by atoms with Gasteiger partial charge in [0.05, 0.1) is 12.0 Å². The molecule has 4 heteroatoms. The van der Waals surface area contributed by atoms with E-state index in [-0.39, 0.29) is 17.8 Å². The summed E-state index contributed by atoms with van der Waals surface area (Å²) in [6, 6.07) is 0. The number of carbonyl (C=O) groups is 2. The van der Waals surface area contributed by atoms with E-state index in [1.807, 2.05) is 0 Å². The number of rotatable bonds is 5. The second kappa shape index (κ2) is 5.18. The van der Waals surface area contributed by atoms with Gasteiger partial charge in [-0.2, -0.15) is 0 Å². The minimum Gasteiger partial charge on any atom is -0.481 e. The second-order valence-electron chi connectivity index (χ2n) is 9.42. The zero-order valence-electron chi connectivity index (χ0n) is 15.7. The van der Waals surface area contributed by atoms with Crippen LogP contribution in [0.15, 0.2) is 11.6 Å². The minimum atomic E-state index is -1.08. The van der Waals surface area contributed by atoms with E-state index in [2.05, 4.69) is 26.8 Å². The number of carboxylic acids is 1. The van der Waals surface area contributed by atoms with Crippen molar-refractivity contribution in [1.29, 1.82) is 0 Å². The Hall–Kier alpha value is -1.16. The number of aliphatic carboxylic acids is 1. The SMILES string of the molecule is COC[C@@]12C[C@@H]3[C@H](C)CC[C@H]3[C@]3(C=O)C[C@@H]1C=C(C(C)C)[C@@]23C(=O)O. The highest BCUT2D eigenvalue weighted by Gasteiger charge is 2.84. The first-order valence-electron chi connectivity index (χ1n) is 9.73. The molecule has 0 heterocycles. The fraction of sp³-hybridized carbons (Fsp3) is 0.810. The molecule has 4 aliphatic carbocycles. The van der Waals surface area contributed by atoms with Crippen molar-refractivity contribution in [2.45, 2.75) is 46.5 Å². The maximum Gasteiger partial charge on any atom is 0.315 e. The van der Waals surface area contributed by atoms with E-state index in [1.165, 1.54) is 0 Å². The Balaban J connectivity index is 2.02. The van der Waals surface area contributed by atoms with Crippen molar-refractivity contribution >= 4 is 12.3 Å². The van der Waals surface area contributed by atoms with E-state index in [9.17, 15) is 14.7 Å². The van der Waals surface area contributed by atoms with Crippen LogP contribution < -0.4 is 0 Å². The smallest absolute Gasteiger partial charge is 0.315 e. The molecule has 0 aromatic heterocycles. The highest BCUT2D eigenvalue weighted by molar-refractivity contribution is 5.90. The van der Waals surface area contributed by atoms with Gasteiger partial charge < -0.3 is 14.6 Å². The Labute approximate surface area is 150 Å². The number of fused-ring (bicyclic) bond motifs is 2. The number of hydrogen-bond acceptors (Lipinski definition) is 3. The summed E-state index contributed by atoms with van der Waals surface area (Å²) in [6.45, 7) is 6.85. The van der Waals surface area contributed by atoms with E-state index in [0.29, 0.717) is 24.9 Å². The number of hydrogen-bond donors (Lipinski definition) is 1. The van der Waals surface area contributed by atoms with E-state index in [1.54, 1.807) is 7.11 Å². The fourth-order valence-electron chi connectivity index (χ4n) is 7.89. The molecule has 0 amide bonds. The maximum atomic E-state index is 13.0. The Bertz CT molecular complexity index is 652. The Morgan fingerprint density at radius 3 is 2.68 bits per heavy atom. The molecule has 0 unspecified atom stereocenters. The van der Waals surface area contributed by atoms with Crippen molar-refractivity contribution in [2.24, 2.45) is 45.8 Å². The molecule has 1 N–H and O–H groups in total. The summed E-state index contributed by atoms with van der Waals surface area (Å²) in [5.41, 5.74) is -1.32. The molecule has 0 spiro atoms. The molecule has 3 saturated carbocycles. The van der Waals surface area contributed by atoms with Crippen LogP contribution in [0, 0.1) is 45.8 Å². The third-order valence-electron chi connectivity index (χ3n) is 8.52. The third kappa shape index (κ3) is 1.60. The average Bonchev–Trinajstić information content (AvgIpc) is 3.12. The number of carboxylic acid groups (broad SMARTS) is 1. The van der Waals surface area contributed by atoms with Gasteiger partial charge in [0.2, 0.25) is 0 Å². The summed E-state index contributed by atoms with van der Waals surface area (Å²) in [6.07, 6.45) is 6.94. The number of carbonyl (C=O) groups excluding carboxylic acids is 1. The molecule has 0 aromatic carbocycles. The number of ether oxygens (including phenoxy) is 1. The van der Waals surface area contributed by atoms with E-state index in [0.717, 1.165) is 31.1 Å². The molecule has 4 aliphatic rings. The molecule has 7 atom stereocenters. The summed E-state index contributed by atoms with van der Waals surface area (Å²) >= 11 is 0. The summed E-state index contributed by atoms with van der Waals surface area (Å²) in [5, 5.41) is 10.6. The lowest BCUT2D eigenvalue weighted by atomic mass is 9.43. The van der Waals surface area contributed by atoms with Gasteiger partial charge in [-0.15, -0.1) is 0 Å². The predicted octanol–water partition coefficient (Wildman–Crippen LogP) is 3.56. The largest absolute Gasteiger partial charge is 0.481 e. The summed E-state index contributed by atoms with van der Waals surface area (Å²) < 4.78 is 5.65. The van der Waals surface area contributed by atoms with Crippen LogP contribution in [-0.2, 0) is 14.3 Å². The molecular weight excluding hydrogens is 316 g/mol. The lowest BCUT2D eigenvalue weighted by molar-refractivity contribution is -0.185. The fourth-order valence-corrected chi connectivity index (χ4v) is 7.89. The average molecular weight is 346 g/mol. The van der Waals surface area contributed by atoms with E-state index < -0.39 is 22.2 Å². The molecule has 0 radical (unpaired) electrons. The molecule has 4 nitrogen and oxygen atoms in total. The summed E-state index contributed by atoms with van der Waals surface area (Å²) in [5.74, 6) is 0.684. The first-order valence-corrected chi connectivity index (χ1v) is 9.73. The van der Waals surface area contributed by atoms with Crippen molar-refractivity contribution in [3.05, 3.63) is 11.6 Å². The monoisotopic (exact) mass is 346 g/mol. The van der Waals surface area contributed by atoms with Crippen LogP contribution in [0.5, 0.6) is 0 Å². The van der Waals surface area contributed by atoms with Crippen molar-refractivity contribution in [1.82, 2.24) is 0 Å². The zero-order chi connectivity index (χ0) is 18.2. The van der Waals surface area contributed by atoms with Crippen LogP contribution in [0.2, 0.25) is 0 Å². The van der Waals surface area contributed by atoms with Gasteiger partial charge in [0.1, 0.15) is 11.7 Å². The van der Waals surface area contributed by atoms with Crippen molar-refractivity contribution in [2.75, 3.05) is 13.7 Å². The zero-order valence-corrected chi connectivity index (χ0v) is 15.7. The van der Waals surface area contributed by atoms with Gasteiger partial charge in [0, 0.05) is 12.5 Å². The molecule has 4 rings (SSSR count). The predicted molar refractivity (Wildman–Crippen MR) is 93.9 cm³/mol. The van der Waals surface area contributed by atoms with Gasteiger partial charge in [0.25, 0.3) is 0 Å². The lowest BCUT2D eigenvalue weighted by Gasteiger charge is -2.58. The maximum absolute atomic E-state index is 13.0. The summed E-state index contributed by atoms with van der Waals surface area (Å²) in [4.78, 5) is 25.6. The van der Waals surface area contributed by atoms with Crippen molar-refractivity contribution in [3.63, 3.8) is 0 Å². The van der Waals surface area contributed by atoms with Gasteiger partial charge in [-0.05, 0) is 48.9 Å². The first kappa shape index (κ1) is 17.3. The number of allylic oxidation sites excluding steroid dienone is 1.